The molecule has 0 aliphatic carbocycles. The van der Waals surface area contributed by atoms with Gasteiger partial charge in [-0.1, -0.05) is 34.8 Å². The Morgan fingerprint density at radius 1 is 1.35 bits per heavy atom. The predicted octanol–water partition coefficient (Wildman–Crippen LogP) is 2.86. The van der Waals surface area contributed by atoms with Gasteiger partial charge in [0.05, 0.1) is 13.7 Å². The summed E-state index contributed by atoms with van der Waals surface area (Å²) in [5, 5.41) is 0. The summed E-state index contributed by atoms with van der Waals surface area (Å²) in [6.07, 6.45) is 1.44. The maximum atomic E-state index is 11.9. The van der Waals surface area contributed by atoms with Crippen LogP contribution in [0.5, 0.6) is 0 Å². The topological polar surface area (TPSA) is 57.5 Å². The number of halogens is 3. The molecule has 0 fully saturated rings. The molecule has 8 heteroatoms. The first-order chi connectivity index (χ1) is 9.31. The van der Waals surface area contributed by atoms with E-state index in [1.807, 2.05) is 6.92 Å². The molecule has 1 aromatic rings. The zero-order valence-electron chi connectivity index (χ0n) is 11.0. The molecule has 0 radical (unpaired) electrons. The van der Waals surface area contributed by atoms with Crippen molar-refractivity contribution in [2.24, 2.45) is 0 Å². The summed E-state index contributed by atoms with van der Waals surface area (Å²) in [6, 6.07) is 1.34. The molecule has 0 N–H and O–H groups in total. The average Bonchev–Trinajstić information content (AvgIpc) is 2.80. The van der Waals surface area contributed by atoms with E-state index in [-0.39, 0.29) is 11.3 Å². The van der Waals surface area contributed by atoms with Gasteiger partial charge in [0, 0.05) is 24.9 Å². The smallest absolute Gasteiger partial charge is 0.354 e. The zero-order chi connectivity index (χ0) is 15.3. The third kappa shape index (κ3) is 4.38. The van der Waals surface area contributed by atoms with Crippen molar-refractivity contribution in [2.75, 3.05) is 20.3 Å². The van der Waals surface area contributed by atoms with Crippen LogP contribution in [0.3, 0.4) is 0 Å². The first-order valence-corrected chi connectivity index (χ1v) is 6.92. The molecule has 1 aromatic heterocycles. The van der Waals surface area contributed by atoms with Gasteiger partial charge < -0.3 is 14.0 Å². The van der Waals surface area contributed by atoms with Gasteiger partial charge in [-0.15, -0.1) is 0 Å². The van der Waals surface area contributed by atoms with Crippen molar-refractivity contribution >= 4 is 46.6 Å². The lowest BCUT2D eigenvalue weighted by Gasteiger charge is -2.07. The minimum atomic E-state index is -2.07. The van der Waals surface area contributed by atoms with Crippen LogP contribution in [-0.4, -0.2) is 40.4 Å². The molecule has 0 aromatic carbocycles. The number of hydrogen-bond donors (Lipinski definition) is 0. The van der Waals surface area contributed by atoms with Gasteiger partial charge in [-0.25, -0.2) is 4.79 Å². The maximum absolute atomic E-state index is 11.9. The van der Waals surface area contributed by atoms with Crippen LogP contribution in [-0.2, 0) is 16.0 Å². The van der Waals surface area contributed by atoms with Crippen molar-refractivity contribution in [3.05, 3.63) is 23.5 Å². The molecule has 0 unspecified atom stereocenters. The van der Waals surface area contributed by atoms with Gasteiger partial charge in [0.25, 0.3) is 3.79 Å². The number of carbonyl (C=O) groups is 2. The average molecular weight is 343 g/mol. The summed E-state index contributed by atoms with van der Waals surface area (Å²) < 4.78 is 9.32. The highest BCUT2D eigenvalue weighted by molar-refractivity contribution is 6.77. The number of rotatable bonds is 6. The van der Waals surface area contributed by atoms with E-state index < -0.39 is 15.5 Å². The Bertz CT molecular complexity index is 493. The Hall–Kier alpha value is -0.750. The molecule has 1 heterocycles. The minimum Gasteiger partial charge on any atom is -0.464 e. The van der Waals surface area contributed by atoms with Crippen LogP contribution >= 0.6 is 34.8 Å². The molecule has 0 spiro atoms. The normalized spacial score (nSPS) is 11.4. The number of hydrogen-bond acceptors (Lipinski definition) is 4. The molecule has 0 amide bonds. The van der Waals surface area contributed by atoms with E-state index >= 15 is 0 Å². The number of ether oxygens (including phenoxy) is 2. The summed E-state index contributed by atoms with van der Waals surface area (Å²) in [4.78, 5) is 23.5. The SMILES string of the molecule is CCOCCn1cc(C(=O)C(Cl)(Cl)Cl)cc1C(=O)OC. The highest BCUT2D eigenvalue weighted by atomic mass is 35.6. The highest BCUT2D eigenvalue weighted by Crippen LogP contribution is 2.31. The van der Waals surface area contributed by atoms with E-state index in [0.717, 1.165) is 0 Å². The summed E-state index contributed by atoms with van der Waals surface area (Å²) in [5.41, 5.74) is 0.326. The third-order valence-electron chi connectivity index (χ3n) is 2.49. The van der Waals surface area contributed by atoms with E-state index in [4.69, 9.17) is 39.5 Å². The lowest BCUT2D eigenvalue weighted by atomic mass is 10.2. The lowest BCUT2D eigenvalue weighted by molar-refractivity contribution is 0.0585. The van der Waals surface area contributed by atoms with Crippen molar-refractivity contribution in [3.63, 3.8) is 0 Å². The Morgan fingerprint density at radius 3 is 2.50 bits per heavy atom. The largest absolute Gasteiger partial charge is 0.464 e. The van der Waals surface area contributed by atoms with E-state index in [2.05, 4.69) is 4.74 Å². The molecule has 5 nitrogen and oxygen atoms in total. The molecule has 20 heavy (non-hydrogen) atoms. The zero-order valence-corrected chi connectivity index (χ0v) is 13.3. The second-order valence-electron chi connectivity index (χ2n) is 3.82. The van der Waals surface area contributed by atoms with Crippen LogP contribution in [0.25, 0.3) is 0 Å². The number of alkyl halides is 3. The Morgan fingerprint density at radius 2 is 2.00 bits per heavy atom. The third-order valence-corrected chi connectivity index (χ3v) is 3.01. The van der Waals surface area contributed by atoms with Crippen LogP contribution in [0.2, 0.25) is 0 Å². The monoisotopic (exact) mass is 341 g/mol. The number of carbonyl (C=O) groups excluding carboxylic acids is 2. The second kappa shape index (κ2) is 7.31. The fourth-order valence-corrected chi connectivity index (χ4v) is 1.89. The molecule has 0 bridgehead atoms. The van der Waals surface area contributed by atoms with Crippen LogP contribution < -0.4 is 0 Å². The first kappa shape index (κ1) is 17.3. The quantitative estimate of drug-likeness (QED) is 0.345. The number of methoxy groups -OCH3 is 1. The standard InChI is InChI=1S/C12H14Cl3NO4/c1-3-20-5-4-16-7-8(10(17)12(13,14)15)6-9(16)11(18)19-2/h6-7H,3-5H2,1-2H3. The fraction of sp³-hybridized carbons (Fsp3) is 0.500. The summed E-state index contributed by atoms with van der Waals surface area (Å²) >= 11 is 16.7. The number of ketones is 1. The number of aromatic nitrogens is 1. The fourth-order valence-electron chi connectivity index (χ4n) is 1.57. The van der Waals surface area contributed by atoms with Crippen molar-refractivity contribution < 1.29 is 19.1 Å². The van der Waals surface area contributed by atoms with Crippen molar-refractivity contribution in [2.45, 2.75) is 17.3 Å². The van der Waals surface area contributed by atoms with Crippen molar-refractivity contribution in [3.8, 4) is 0 Å². The predicted molar refractivity (Wildman–Crippen MR) is 76.9 cm³/mol. The Kier molecular flexibility index (Phi) is 6.33. The molecule has 0 atom stereocenters. The second-order valence-corrected chi connectivity index (χ2v) is 6.10. The van der Waals surface area contributed by atoms with Crippen LogP contribution in [0.15, 0.2) is 12.3 Å². The number of esters is 1. The molecule has 0 saturated heterocycles. The Balaban J connectivity index is 3.05. The van der Waals surface area contributed by atoms with Crippen LogP contribution in [0, 0.1) is 0 Å². The van der Waals surface area contributed by atoms with Gasteiger partial charge >= 0.3 is 5.97 Å². The van der Waals surface area contributed by atoms with E-state index in [0.29, 0.717) is 19.8 Å². The van der Waals surface area contributed by atoms with Gasteiger partial charge in [-0.3, -0.25) is 4.79 Å². The van der Waals surface area contributed by atoms with Crippen molar-refractivity contribution in [1.29, 1.82) is 0 Å². The number of nitrogens with zero attached hydrogens (tertiary/aromatic N) is 1. The summed E-state index contributed by atoms with van der Waals surface area (Å²) in [7, 11) is 1.25. The number of Topliss-reactive ketones (excluding diaryl/α,β-unsaturated/α-hetero) is 1. The minimum absolute atomic E-state index is 0.127. The maximum Gasteiger partial charge on any atom is 0.354 e. The molecule has 0 saturated carbocycles. The Labute approximate surface area is 131 Å². The van der Waals surface area contributed by atoms with Gasteiger partial charge in [0.2, 0.25) is 5.78 Å². The first-order valence-electron chi connectivity index (χ1n) is 5.79. The summed E-state index contributed by atoms with van der Waals surface area (Å²) in [5.74, 6) is -1.28. The molecule has 1 rings (SSSR count). The van der Waals surface area contributed by atoms with Gasteiger partial charge in [-0.2, -0.15) is 0 Å². The van der Waals surface area contributed by atoms with Crippen LogP contribution in [0.4, 0.5) is 0 Å². The molecular formula is C12H14Cl3NO4. The molecular weight excluding hydrogens is 328 g/mol. The van der Waals surface area contributed by atoms with E-state index in [9.17, 15) is 9.59 Å². The lowest BCUT2D eigenvalue weighted by Crippen LogP contribution is -2.18. The molecule has 0 aliphatic heterocycles. The molecule has 0 aliphatic rings. The van der Waals surface area contributed by atoms with Gasteiger partial charge in [0.15, 0.2) is 0 Å². The highest BCUT2D eigenvalue weighted by Gasteiger charge is 2.33. The van der Waals surface area contributed by atoms with Gasteiger partial charge in [0.1, 0.15) is 5.69 Å². The molecule has 112 valence electrons. The summed E-state index contributed by atoms with van der Waals surface area (Å²) in [6.45, 7) is 3.17. The van der Waals surface area contributed by atoms with Gasteiger partial charge in [-0.05, 0) is 13.0 Å². The van der Waals surface area contributed by atoms with Crippen molar-refractivity contribution in [1.82, 2.24) is 4.57 Å². The van der Waals surface area contributed by atoms with Crippen LogP contribution in [0.1, 0.15) is 27.8 Å². The van der Waals surface area contributed by atoms with E-state index in [1.54, 1.807) is 0 Å². The van der Waals surface area contributed by atoms with E-state index in [1.165, 1.54) is 23.9 Å².